The van der Waals surface area contributed by atoms with Crippen LogP contribution in [0, 0.1) is 0 Å². The van der Waals surface area contributed by atoms with E-state index >= 15 is 0 Å². The number of benzene rings is 2. The van der Waals surface area contributed by atoms with E-state index in [0.29, 0.717) is 6.04 Å². The van der Waals surface area contributed by atoms with Crippen molar-refractivity contribution in [2.24, 2.45) is 0 Å². The third-order valence-electron chi connectivity index (χ3n) is 5.49. The first kappa shape index (κ1) is 18.3. The summed E-state index contributed by atoms with van der Waals surface area (Å²) in [5, 5.41) is 3.17. The molecular formula is C23H27ClN2O+2. The van der Waals surface area contributed by atoms with Gasteiger partial charge < -0.3 is 14.6 Å². The first-order valence-electron chi connectivity index (χ1n) is 9.82. The maximum Gasteiger partial charge on any atom is 0.158 e. The summed E-state index contributed by atoms with van der Waals surface area (Å²) in [7, 11) is 0. The first-order chi connectivity index (χ1) is 13.3. The maximum absolute atomic E-state index is 6.27. The molecule has 0 aliphatic carbocycles. The van der Waals surface area contributed by atoms with Gasteiger partial charge in [-0.15, -0.1) is 0 Å². The third-order valence-corrected chi connectivity index (χ3v) is 5.82. The molecule has 140 valence electrons. The van der Waals surface area contributed by atoms with Gasteiger partial charge in [0.05, 0.1) is 24.2 Å². The van der Waals surface area contributed by atoms with Crippen LogP contribution in [0.4, 0.5) is 0 Å². The van der Waals surface area contributed by atoms with E-state index in [9.17, 15) is 0 Å². The molecule has 2 heterocycles. The molecule has 0 atom stereocenters. The minimum atomic E-state index is 0.693. The summed E-state index contributed by atoms with van der Waals surface area (Å²) in [6.07, 6.45) is 2.53. The van der Waals surface area contributed by atoms with Gasteiger partial charge in [0.25, 0.3) is 0 Å². The SMILES string of the molecule is Clc1ccccc1-c1ccc(C[NH2+]C2CC[NH+](Cc3ccccc3)CC2)o1. The second kappa shape index (κ2) is 8.75. The van der Waals surface area contributed by atoms with Gasteiger partial charge in [0.15, 0.2) is 5.76 Å². The Kier molecular flexibility index (Phi) is 5.93. The highest BCUT2D eigenvalue weighted by molar-refractivity contribution is 6.33. The summed E-state index contributed by atoms with van der Waals surface area (Å²) >= 11 is 6.27. The van der Waals surface area contributed by atoms with Crippen LogP contribution in [-0.4, -0.2) is 19.1 Å². The van der Waals surface area contributed by atoms with Crippen molar-refractivity contribution < 1.29 is 14.6 Å². The normalized spacial score (nSPS) is 19.9. The van der Waals surface area contributed by atoms with Crippen LogP contribution in [0.1, 0.15) is 24.2 Å². The molecule has 2 aromatic carbocycles. The first-order valence-corrected chi connectivity index (χ1v) is 10.2. The Bertz CT molecular complexity index is 854. The number of rotatable bonds is 6. The van der Waals surface area contributed by atoms with E-state index in [-0.39, 0.29) is 0 Å². The van der Waals surface area contributed by atoms with Crippen LogP contribution in [0.3, 0.4) is 0 Å². The summed E-state index contributed by atoms with van der Waals surface area (Å²) in [5.41, 5.74) is 2.40. The van der Waals surface area contributed by atoms with Gasteiger partial charge in [-0.1, -0.05) is 54.1 Å². The van der Waals surface area contributed by atoms with E-state index in [4.69, 9.17) is 16.0 Å². The summed E-state index contributed by atoms with van der Waals surface area (Å²) in [4.78, 5) is 1.70. The van der Waals surface area contributed by atoms with Crippen molar-refractivity contribution in [3.63, 3.8) is 0 Å². The van der Waals surface area contributed by atoms with Gasteiger partial charge in [-0.2, -0.15) is 0 Å². The lowest BCUT2D eigenvalue weighted by Crippen LogP contribution is -3.13. The lowest BCUT2D eigenvalue weighted by molar-refractivity contribution is -0.926. The smallest absolute Gasteiger partial charge is 0.158 e. The van der Waals surface area contributed by atoms with Crippen LogP contribution in [0.5, 0.6) is 0 Å². The van der Waals surface area contributed by atoms with Gasteiger partial charge >= 0.3 is 0 Å². The predicted octanol–water partition coefficient (Wildman–Crippen LogP) is 2.91. The van der Waals surface area contributed by atoms with Crippen molar-refractivity contribution in [2.75, 3.05) is 13.1 Å². The van der Waals surface area contributed by atoms with Crippen LogP contribution >= 0.6 is 11.6 Å². The van der Waals surface area contributed by atoms with E-state index in [1.54, 1.807) is 4.90 Å². The number of likely N-dealkylation sites (tertiary alicyclic amines) is 1. The Morgan fingerprint density at radius 3 is 2.44 bits per heavy atom. The number of hydrogen-bond acceptors (Lipinski definition) is 1. The zero-order valence-corrected chi connectivity index (χ0v) is 16.3. The van der Waals surface area contributed by atoms with Crippen molar-refractivity contribution in [1.29, 1.82) is 0 Å². The number of nitrogens with one attached hydrogen (secondary N) is 1. The molecule has 1 fully saturated rings. The minimum absolute atomic E-state index is 0.693. The Morgan fingerprint density at radius 2 is 1.67 bits per heavy atom. The fraction of sp³-hybridized carbons (Fsp3) is 0.304. The molecule has 0 spiro atoms. The molecular weight excluding hydrogens is 356 g/mol. The predicted molar refractivity (Wildman–Crippen MR) is 109 cm³/mol. The zero-order chi connectivity index (χ0) is 18.5. The van der Waals surface area contributed by atoms with Crippen molar-refractivity contribution in [3.05, 3.63) is 83.1 Å². The van der Waals surface area contributed by atoms with E-state index in [1.165, 1.54) is 31.5 Å². The number of furan rings is 1. The second-order valence-electron chi connectivity index (χ2n) is 7.44. The highest BCUT2D eigenvalue weighted by atomic mass is 35.5. The number of quaternary nitrogens is 2. The Labute approximate surface area is 166 Å². The molecule has 0 unspecified atom stereocenters. The van der Waals surface area contributed by atoms with Crippen molar-refractivity contribution in [2.45, 2.75) is 32.0 Å². The summed E-state index contributed by atoms with van der Waals surface area (Å²) in [6, 6.07) is 23.4. The molecule has 1 aliphatic heterocycles. The molecule has 3 aromatic rings. The van der Waals surface area contributed by atoms with E-state index < -0.39 is 0 Å². The molecule has 1 saturated heterocycles. The molecule has 0 saturated carbocycles. The molecule has 0 amide bonds. The fourth-order valence-electron chi connectivity index (χ4n) is 3.92. The largest absolute Gasteiger partial charge is 0.455 e. The van der Waals surface area contributed by atoms with Crippen LogP contribution in [-0.2, 0) is 13.1 Å². The van der Waals surface area contributed by atoms with Crippen LogP contribution in [0.2, 0.25) is 5.02 Å². The number of nitrogens with two attached hydrogens (primary N) is 1. The van der Waals surface area contributed by atoms with Gasteiger partial charge in [0.1, 0.15) is 18.8 Å². The topological polar surface area (TPSA) is 34.2 Å². The van der Waals surface area contributed by atoms with Crippen molar-refractivity contribution in [3.8, 4) is 11.3 Å². The maximum atomic E-state index is 6.27. The molecule has 3 nitrogen and oxygen atoms in total. The molecule has 1 aromatic heterocycles. The minimum Gasteiger partial charge on any atom is -0.455 e. The van der Waals surface area contributed by atoms with Crippen LogP contribution in [0.25, 0.3) is 11.3 Å². The van der Waals surface area contributed by atoms with Gasteiger partial charge in [-0.3, -0.25) is 0 Å². The lowest BCUT2D eigenvalue weighted by atomic mass is 10.0. The quantitative estimate of drug-likeness (QED) is 0.675. The molecule has 4 rings (SSSR count). The van der Waals surface area contributed by atoms with E-state index in [0.717, 1.165) is 35.2 Å². The molecule has 4 heteroatoms. The second-order valence-corrected chi connectivity index (χ2v) is 7.84. The summed E-state index contributed by atoms with van der Waals surface area (Å²) in [6.45, 7) is 4.54. The molecule has 27 heavy (non-hydrogen) atoms. The van der Waals surface area contributed by atoms with Crippen molar-refractivity contribution in [1.82, 2.24) is 0 Å². The van der Waals surface area contributed by atoms with Gasteiger partial charge in [0, 0.05) is 24.0 Å². The van der Waals surface area contributed by atoms with Crippen molar-refractivity contribution >= 4 is 11.6 Å². The van der Waals surface area contributed by atoms with Crippen LogP contribution < -0.4 is 10.2 Å². The molecule has 0 bridgehead atoms. The van der Waals surface area contributed by atoms with Gasteiger partial charge in [-0.25, -0.2) is 0 Å². The standard InChI is InChI=1S/C23H25ClN2O/c24-22-9-5-4-8-21(22)23-11-10-20(27-23)16-25-19-12-14-26(15-13-19)17-18-6-2-1-3-7-18/h1-11,19,25H,12-17H2/p+2. The number of hydrogen-bond donors (Lipinski definition) is 2. The summed E-state index contributed by atoms with van der Waals surface area (Å²) < 4.78 is 6.02. The Morgan fingerprint density at radius 1 is 0.926 bits per heavy atom. The van der Waals surface area contributed by atoms with Crippen LogP contribution in [0.15, 0.2) is 71.1 Å². The fourth-order valence-corrected chi connectivity index (χ4v) is 4.15. The summed E-state index contributed by atoms with van der Waals surface area (Å²) in [5.74, 6) is 1.87. The Hall–Kier alpha value is -2.07. The number of piperidine rings is 1. The zero-order valence-electron chi connectivity index (χ0n) is 15.5. The Balaban J connectivity index is 1.25. The highest BCUT2D eigenvalue weighted by Gasteiger charge is 2.24. The monoisotopic (exact) mass is 382 g/mol. The van der Waals surface area contributed by atoms with Gasteiger partial charge in [-0.05, 0) is 24.3 Å². The molecule has 3 N–H and O–H groups in total. The lowest BCUT2D eigenvalue weighted by Gasteiger charge is -2.27. The van der Waals surface area contributed by atoms with E-state index in [2.05, 4.69) is 41.7 Å². The average Bonchev–Trinajstić information content (AvgIpc) is 3.17. The number of halogens is 1. The molecule has 1 aliphatic rings. The van der Waals surface area contributed by atoms with Gasteiger partial charge in [0.2, 0.25) is 0 Å². The average molecular weight is 383 g/mol. The van der Waals surface area contributed by atoms with E-state index in [1.807, 2.05) is 30.3 Å². The highest BCUT2D eigenvalue weighted by Crippen LogP contribution is 2.28. The molecule has 0 radical (unpaired) electrons. The third kappa shape index (κ3) is 4.81.